The zero-order chi connectivity index (χ0) is 28.2. The lowest BCUT2D eigenvalue weighted by Gasteiger charge is -2.24. The molecule has 202 valence electrons. The smallest absolute Gasteiger partial charge is 0.264 e. The number of sulfonamides is 2. The van der Waals surface area contributed by atoms with Crippen molar-refractivity contribution in [3.8, 4) is 0 Å². The highest BCUT2D eigenvalue weighted by Crippen LogP contribution is 2.27. The second-order valence-corrected chi connectivity index (χ2v) is 12.9. The number of amides is 1. The molecule has 0 aliphatic carbocycles. The van der Waals surface area contributed by atoms with Crippen LogP contribution in [-0.2, 0) is 24.8 Å². The first kappa shape index (κ1) is 28.4. The molecule has 0 saturated heterocycles. The molecule has 12 heteroatoms. The molecule has 1 amide bonds. The van der Waals surface area contributed by atoms with Crippen molar-refractivity contribution in [1.29, 1.82) is 0 Å². The Morgan fingerprint density at radius 2 is 1.44 bits per heavy atom. The Morgan fingerprint density at radius 3 is 2.08 bits per heavy atom. The zero-order valence-corrected chi connectivity index (χ0v) is 23.7. The molecule has 0 unspecified atom stereocenters. The topological polar surface area (TPSA) is 113 Å². The SMILES string of the molecule is Cc1cccc(N(CC(=O)Nc2ccc(S(=O)(=O)Nc3ccccc3Cl)cc2)S(=O)(=O)c2ccc(Cl)cc2)c1. The van der Waals surface area contributed by atoms with Crippen LogP contribution in [0.5, 0.6) is 0 Å². The maximum atomic E-state index is 13.5. The second kappa shape index (κ2) is 11.7. The second-order valence-electron chi connectivity index (χ2n) is 8.46. The summed E-state index contributed by atoms with van der Waals surface area (Å²) in [6.07, 6.45) is 0. The van der Waals surface area contributed by atoms with E-state index in [9.17, 15) is 21.6 Å². The molecule has 4 aromatic rings. The summed E-state index contributed by atoms with van der Waals surface area (Å²) in [5.74, 6) is -0.626. The number of halogens is 2. The molecule has 8 nitrogen and oxygen atoms in total. The molecule has 4 rings (SSSR count). The summed E-state index contributed by atoms with van der Waals surface area (Å²) in [6.45, 7) is 1.29. The van der Waals surface area contributed by atoms with Crippen molar-refractivity contribution < 1.29 is 21.6 Å². The van der Waals surface area contributed by atoms with Crippen LogP contribution in [0.4, 0.5) is 17.1 Å². The van der Waals surface area contributed by atoms with Gasteiger partial charge in [0.15, 0.2) is 0 Å². The Kier molecular flexibility index (Phi) is 8.51. The molecule has 0 fully saturated rings. The van der Waals surface area contributed by atoms with Crippen molar-refractivity contribution >= 4 is 66.2 Å². The van der Waals surface area contributed by atoms with Crippen LogP contribution < -0.4 is 14.3 Å². The first-order chi connectivity index (χ1) is 18.5. The van der Waals surface area contributed by atoms with Crippen LogP contribution in [-0.4, -0.2) is 29.3 Å². The quantitative estimate of drug-likeness (QED) is 0.246. The molecule has 0 aliphatic heterocycles. The van der Waals surface area contributed by atoms with Gasteiger partial charge in [0, 0.05) is 10.7 Å². The highest BCUT2D eigenvalue weighted by molar-refractivity contribution is 7.93. The van der Waals surface area contributed by atoms with Crippen molar-refractivity contribution in [2.24, 2.45) is 0 Å². The lowest BCUT2D eigenvalue weighted by atomic mass is 10.2. The minimum atomic E-state index is -4.12. The molecule has 0 aromatic heterocycles. The van der Waals surface area contributed by atoms with Gasteiger partial charge >= 0.3 is 0 Å². The van der Waals surface area contributed by atoms with Gasteiger partial charge in [-0.3, -0.25) is 13.8 Å². The average molecular weight is 605 g/mol. The third-order valence-corrected chi connectivity index (χ3v) is 9.30. The van der Waals surface area contributed by atoms with E-state index in [-0.39, 0.29) is 26.2 Å². The summed E-state index contributed by atoms with van der Waals surface area (Å²) in [6, 6.07) is 24.3. The number of aryl methyl sites for hydroxylation is 1. The minimum absolute atomic E-state index is 0.0261. The van der Waals surface area contributed by atoms with Crippen molar-refractivity contribution in [3.63, 3.8) is 0 Å². The maximum Gasteiger partial charge on any atom is 0.264 e. The maximum absolute atomic E-state index is 13.5. The molecule has 0 heterocycles. The Labute approximate surface area is 237 Å². The zero-order valence-electron chi connectivity index (χ0n) is 20.5. The number of hydrogen-bond acceptors (Lipinski definition) is 5. The standard InChI is InChI=1S/C27H23Cl2N3O5S2/c1-19-5-4-6-22(17-19)32(39(36,37)24-13-9-20(28)10-14-24)18-27(33)30-21-11-15-23(16-12-21)38(34,35)31-26-8-3-2-7-25(26)29/h2-17,31H,18H2,1H3,(H,30,33). The number of rotatable bonds is 9. The minimum Gasteiger partial charge on any atom is -0.325 e. The molecule has 0 atom stereocenters. The number of benzene rings is 4. The van der Waals surface area contributed by atoms with E-state index >= 15 is 0 Å². The number of anilines is 3. The van der Waals surface area contributed by atoms with E-state index in [1.165, 1.54) is 54.6 Å². The first-order valence-corrected chi connectivity index (χ1v) is 15.2. The van der Waals surface area contributed by atoms with Gasteiger partial charge in [0.1, 0.15) is 6.54 Å². The van der Waals surface area contributed by atoms with Crippen molar-refractivity contribution in [2.45, 2.75) is 16.7 Å². The third kappa shape index (κ3) is 6.90. The van der Waals surface area contributed by atoms with Crippen molar-refractivity contribution in [3.05, 3.63) is 113 Å². The van der Waals surface area contributed by atoms with Gasteiger partial charge < -0.3 is 5.32 Å². The Balaban J connectivity index is 1.54. The van der Waals surface area contributed by atoms with Gasteiger partial charge in [0.2, 0.25) is 5.91 Å². The molecule has 0 saturated carbocycles. The fraction of sp³-hybridized carbons (Fsp3) is 0.0741. The number of nitrogens with zero attached hydrogens (tertiary/aromatic N) is 1. The lowest BCUT2D eigenvalue weighted by molar-refractivity contribution is -0.114. The van der Waals surface area contributed by atoms with Crippen LogP contribution >= 0.6 is 23.2 Å². The number of carbonyl (C=O) groups excluding carboxylic acids is 1. The number of hydrogen-bond donors (Lipinski definition) is 2. The van der Waals surface area contributed by atoms with Crippen LogP contribution in [0.25, 0.3) is 0 Å². The van der Waals surface area contributed by atoms with Crippen LogP contribution in [0.3, 0.4) is 0 Å². The average Bonchev–Trinajstić information content (AvgIpc) is 2.89. The fourth-order valence-electron chi connectivity index (χ4n) is 3.63. The third-order valence-electron chi connectivity index (χ3n) is 5.55. The monoisotopic (exact) mass is 603 g/mol. The van der Waals surface area contributed by atoms with E-state index < -0.39 is 32.5 Å². The van der Waals surface area contributed by atoms with Crippen LogP contribution in [0.15, 0.2) is 107 Å². The van der Waals surface area contributed by atoms with Crippen molar-refractivity contribution in [1.82, 2.24) is 0 Å². The number of carbonyl (C=O) groups is 1. The first-order valence-electron chi connectivity index (χ1n) is 11.5. The van der Waals surface area contributed by atoms with Gasteiger partial charge in [0.05, 0.1) is 26.2 Å². The summed E-state index contributed by atoms with van der Waals surface area (Å²) < 4.78 is 55.9. The lowest BCUT2D eigenvalue weighted by Crippen LogP contribution is -2.38. The van der Waals surface area contributed by atoms with Crippen LogP contribution in [0, 0.1) is 6.92 Å². The Morgan fingerprint density at radius 1 is 0.795 bits per heavy atom. The van der Waals surface area contributed by atoms with E-state index in [1.54, 1.807) is 36.4 Å². The highest BCUT2D eigenvalue weighted by Gasteiger charge is 2.27. The normalized spacial score (nSPS) is 11.6. The van der Waals surface area contributed by atoms with Crippen molar-refractivity contribution in [2.75, 3.05) is 20.9 Å². The summed E-state index contributed by atoms with van der Waals surface area (Å²) in [5.41, 5.74) is 1.64. The Hall–Kier alpha value is -3.57. The van der Waals surface area contributed by atoms with Gasteiger partial charge in [0.25, 0.3) is 20.0 Å². The summed E-state index contributed by atoms with van der Waals surface area (Å²) in [5, 5.41) is 3.25. The van der Waals surface area contributed by atoms with Gasteiger partial charge in [-0.15, -0.1) is 0 Å². The van der Waals surface area contributed by atoms with E-state index in [0.29, 0.717) is 10.7 Å². The van der Waals surface area contributed by atoms with Gasteiger partial charge in [-0.1, -0.05) is 47.5 Å². The molecule has 2 N–H and O–H groups in total. The van der Waals surface area contributed by atoms with Crippen LogP contribution in [0.1, 0.15) is 5.56 Å². The van der Waals surface area contributed by atoms with E-state index in [2.05, 4.69) is 10.0 Å². The molecule has 0 aliphatic rings. The van der Waals surface area contributed by atoms with Gasteiger partial charge in [-0.05, 0) is 85.3 Å². The van der Waals surface area contributed by atoms with Crippen LogP contribution in [0.2, 0.25) is 10.0 Å². The van der Waals surface area contributed by atoms with Gasteiger partial charge in [-0.2, -0.15) is 0 Å². The Bertz CT molecular complexity index is 1710. The molecule has 0 radical (unpaired) electrons. The van der Waals surface area contributed by atoms with E-state index in [0.717, 1.165) is 9.87 Å². The van der Waals surface area contributed by atoms with E-state index in [1.807, 2.05) is 13.0 Å². The molecule has 4 aromatic carbocycles. The largest absolute Gasteiger partial charge is 0.325 e. The summed E-state index contributed by atoms with van der Waals surface area (Å²) in [4.78, 5) is 12.9. The molecule has 0 bridgehead atoms. The predicted octanol–water partition coefficient (Wildman–Crippen LogP) is 5.94. The van der Waals surface area contributed by atoms with E-state index in [4.69, 9.17) is 23.2 Å². The highest BCUT2D eigenvalue weighted by atomic mass is 35.5. The predicted molar refractivity (Wildman–Crippen MR) is 154 cm³/mol. The molecular formula is C27H23Cl2N3O5S2. The summed E-state index contributed by atoms with van der Waals surface area (Å²) in [7, 11) is -8.06. The van der Waals surface area contributed by atoms with Gasteiger partial charge in [-0.25, -0.2) is 16.8 Å². The molecule has 39 heavy (non-hydrogen) atoms. The molecule has 0 spiro atoms. The number of para-hydroxylation sites is 1. The number of nitrogens with one attached hydrogen (secondary N) is 2. The summed E-state index contributed by atoms with van der Waals surface area (Å²) >= 11 is 12.0. The fourth-order valence-corrected chi connectivity index (χ4v) is 6.49. The molecular weight excluding hydrogens is 581 g/mol.